The second-order valence-electron chi connectivity index (χ2n) is 6.79. The van der Waals surface area contributed by atoms with Gasteiger partial charge in [-0.05, 0) is 37.4 Å². The zero-order valence-electron chi connectivity index (χ0n) is 15.4. The SMILES string of the molecule is CN(CP(=O)(O)C(N)CCc1ccccc1)[C@H](Cc1ccccc1)C(=O)O. The van der Waals surface area contributed by atoms with Gasteiger partial charge in [0.15, 0.2) is 0 Å². The number of aliphatic carboxylic acids is 1. The summed E-state index contributed by atoms with van der Waals surface area (Å²) in [6, 6.07) is 17.9. The van der Waals surface area contributed by atoms with E-state index < -0.39 is 25.2 Å². The first-order valence-corrected chi connectivity index (χ1v) is 10.8. The molecule has 0 saturated heterocycles. The number of nitrogens with zero attached hydrogens (tertiary/aromatic N) is 1. The number of carboxylic acid groups (broad SMARTS) is 1. The van der Waals surface area contributed by atoms with Gasteiger partial charge >= 0.3 is 5.97 Å². The summed E-state index contributed by atoms with van der Waals surface area (Å²) < 4.78 is 12.7. The largest absolute Gasteiger partial charge is 0.480 e. The molecule has 2 rings (SSSR count). The quantitative estimate of drug-likeness (QED) is 0.539. The molecule has 0 spiro atoms. The number of aryl methyl sites for hydroxylation is 1. The second kappa shape index (κ2) is 9.81. The summed E-state index contributed by atoms with van der Waals surface area (Å²) >= 11 is 0. The zero-order chi connectivity index (χ0) is 19.9. The molecule has 0 aliphatic carbocycles. The highest BCUT2D eigenvalue weighted by Gasteiger charge is 2.33. The molecular weight excluding hydrogens is 363 g/mol. The molecular formula is C20H27N2O4P. The van der Waals surface area contributed by atoms with E-state index in [0.717, 1.165) is 11.1 Å². The van der Waals surface area contributed by atoms with Crippen LogP contribution in [-0.4, -0.2) is 46.0 Å². The average molecular weight is 390 g/mol. The Hall–Kier alpha value is -1.98. The summed E-state index contributed by atoms with van der Waals surface area (Å²) in [4.78, 5) is 23.5. The van der Waals surface area contributed by atoms with E-state index in [1.165, 1.54) is 4.90 Å². The molecule has 0 aliphatic rings. The van der Waals surface area contributed by atoms with Crippen molar-refractivity contribution in [1.82, 2.24) is 4.90 Å². The Morgan fingerprint density at radius 1 is 1.07 bits per heavy atom. The van der Waals surface area contributed by atoms with Crippen LogP contribution in [0.1, 0.15) is 17.5 Å². The maximum atomic E-state index is 12.7. The molecule has 0 amide bonds. The van der Waals surface area contributed by atoms with E-state index in [1.54, 1.807) is 7.05 Å². The van der Waals surface area contributed by atoms with Gasteiger partial charge in [0.1, 0.15) is 6.04 Å². The predicted octanol–water partition coefficient (Wildman–Crippen LogP) is 2.76. The highest BCUT2D eigenvalue weighted by Crippen LogP contribution is 2.46. The first-order chi connectivity index (χ1) is 12.8. The van der Waals surface area contributed by atoms with Crippen molar-refractivity contribution in [2.24, 2.45) is 5.73 Å². The van der Waals surface area contributed by atoms with Crippen LogP contribution in [0.25, 0.3) is 0 Å². The first-order valence-electron chi connectivity index (χ1n) is 8.87. The first kappa shape index (κ1) is 21.3. The van der Waals surface area contributed by atoms with Crippen molar-refractivity contribution in [1.29, 1.82) is 0 Å². The van der Waals surface area contributed by atoms with E-state index in [4.69, 9.17) is 5.73 Å². The van der Waals surface area contributed by atoms with E-state index >= 15 is 0 Å². The van der Waals surface area contributed by atoms with Gasteiger partial charge in [0.2, 0.25) is 7.37 Å². The van der Waals surface area contributed by atoms with E-state index in [9.17, 15) is 19.4 Å². The molecule has 0 heterocycles. The average Bonchev–Trinajstić information content (AvgIpc) is 2.65. The molecule has 0 aliphatic heterocycles. The maximum Gasteiger partial charge on any atom is 0.321 e. The van der Waals surface area contributed by atoms with Crippen LogP contribution >= 0.6 is 7.37 Å². The van der Waals surface area contributed by atoms with Crippen molar-refractivity contribution in [3.63, 3.8) is 0 Å². The third-order valence-electron chi connectivity index (χ3n) is 4.60. The molecule has 6 nitrogen and oxygen atoms in total. The van der Waals surface area contributed by atoms with Crippen LogP contribution in [0.4, 0.5) is 0 Å². The van der Waals surface area contributed by atoms with Gasteiger partial charge in [-0.25, -0.2) is 0 Å². The van der Waals surface area contributed by atoms with Crippen LogP contribution in [0.5, 0.6) is 0 Å². The smallest absolute Gasteiger partial charge is 0.321 e. The zero-order valence-corrected chi connectivity index (χ0v) is 16.3. The van der Waals surface area contributed by atoms with Gasteiger partial charge in [-0.15, -0.1) is 0 Å². The number of nitrogens with two attached hydrogens (primary N) is 1. The Labute approximate surface area is 160 Å². The van der Waals surface area contributed by atoms with Crippen LogP contribution < -0.4 is 5.73 Å². The molecule has 2 aromatic rings. The summed E-state index contributed by atoms with van der Waals surface area (Å²) in [5.41, 5.74) is 7.90. The van der Waals surface area contributed by atoms with Crippen LogP contribution in [0.15, 0.2) is 60.7 Å². The van der Waals surface area contributed by atoms with Gasteiger partial charge < -0.3 is 15.7 Å². The summed E-state index contributed by atoms with van der Waals surface area (Å²) in [5, 5.41) is 9.55. The fourth-order valence-corrected chi connectivity index (χ4v) is 4.53. The molecule has 146 valence electrons. The summed E-state index contributed by atoms with van der Waals surface area (Å²) in [5.74, 6) is -1.93. The van der Waals surface area contributed by atoms with Gasteiger partial charge in [0.25, 0.3) is 0 Å². The molecule has 3 atom stereocenters. The Kier molecular flexibility index (Phi) is 7.75. The topological polar surface area (TPSA) is 104 Å². The van der Waals surface area contributed by atoms with E-state index in [1.807, 2.05) is 60.7 Å². The summed E-state index contributed by atoms with van der Waals surface area (Å²) in [6.45, 7) is 0. The minimum atomic E-state index is -3.73. The molecule has 27 heavy (non-hydrogen) atoms. The van der Waals surface area contributed by atoms with Crippen molar-refractivity contribution in [3.05, 3.63) is 71.8 Å². The fraction of sp³-hybridized carbons (Fsp3) is 0.350. The third kappa shape index (κ3) is 6.60. The Balaban J connectivity index is 1.98. The Morgan fingerprint density at radius 3 is 2.11 bits per heavy atom. The van der Waals surface area contributed by atoms with E-state index in [2.05, 4.69) is 0 Å². The minimum absolute atomic E-state index is 0.256. The van der Waals surface area contributed by atoms with Crippen molar-refractivity contribution >= 4 is 13.3 Å². The lowest BCUT2D eigenvalue weighted by Crippen LogP contribution is -2.42. The number of carbonyl (C=O) groups is 1. The van der Waals surface area contributed by atoms with Gasteiger partial charge in [0, 0.05) is 0 Å². The third-order valence-corrected chi connectivity index (χ3v) is 6.75. The maximum absolute atomic E-state index is 12.7. The second-order valence-corrected chi connectivity index (χ2v) is 9.25. The lowest BCUT2D eigenvalue weighted by molar-refractivity contribution is -0.142. The minimum Gasteiger partial charge on any atom is -0.480 e. The van der Waals surface area contributed by atoms with Crippen molar-refractivity contribution < 1.29 is 19.4 Å². The van der Waals surface area contributed by atoms with Crippen molar-refractivity contribution in [2.45, 2.75) is 31.1 Å². The highest BCUT2D eigenvalue weighted by molar-refractivity contribution is 7.58. The van der Waals surface area contributed by atoms with Gasteiger partial charge in [-0.1, -0.05) is 60.7 Å². The van der Waals surface area contributed by atoms with Crippen molar-refractivity contribution in [3.8, 4) is 0 Å². The van der Waals surface area contributed by atoms with Crippen LogP contribution in [-0.2, 0) is 22.2 Å². The van der Waals surface area contributed by atoms with Gasteiger partial charge in [0.05, 0.1) is 12.1 Å². The van der Waals surface area contributed by atoms with E-state index in [0.29, 0.717) is 12.8 Å². The Bertz CT molecular complexity index is 770. The van der Waals surface area contributed by atoms with Crippen LogP contribution in [0.2, 0.25) is 0 Å². The molecule has 0 radical (unpaired) electrons. The molecule has 0 saturated carbocycles. The lowest BCUT2D eigenvalue weighted by atomic mass is 10.1. The molecule has 7 heteroatoms. The normalized spacial score (nSPS) is 15.9. The molecule has 0 aromatic heterocycles. The number of hydrogen-bond donors (Lipinski definition) is 3. The standard InChI is InChI=1S/C20H27N2O4P/c1-22(18(20(23)24)14-17-10-6-3-7-11-17)15-27(25,26)19(21)13-12-16-8-4-2-5-9-16/h2-11,18-19H,12-15,21H2,1H3,(H,23,24)(H,25,26)/t18-,19?/m1/s1. The fourth-order valence-electron chi connectivity index (χ4n) is 2.95. The molecule has 0 bridgehead atoms. The lowest BCUT2D eigenvalue weighted by Gasteiger charge is -2.29. The monoisotopic (exact) mass is 390 g/mol. The molecule has 0 fully saturated rings. The summed E-state index contributed by atoms with van der Waals surface area (Å²) in [6.07, 6.45) is 0.962. The number of likely N-dealkylation sites (N-methyl/N-ethyl adjacent to an activating group) is 1. The van der Waals surface area contributed by atoms with E-state index in [-0.39, 0.29) is 12.7 Å². The van der Waals surface area contributed by atoms with Crippen LogP contribution in [0.3, 0.4) is 0 Å². The predicted molar refractivity (Wildman–Crippen MR) is 107 cm³/mol. The number of hydrogen-bond acceptors (Lipinski definition) is 4. The Morgan fingerprint density at radius 2 is 1.59 bits per heavy atom. The molecule has 4 N–H and O–H groups in total. The number of rotatable bonds is 10. The van der Waals surface area contributed by atoms with Gasteiger partial charge in [-0.2, -0.15) is 0 Å². The van der Waals surface area contributed by atoms with Crippen molar-refractivity contribution in [2.75, 3.05) is 13.3 Å². The van der Waals surface area contributed by atoms with Gasteiger partial charge in [-0.3, -0.25) is 14.3 Å². The number of benzene rings is 2. The number of carboxylic acids is 1. The highest BCUT2D eigenvalue weighted by atomic mass is 31.2. The molecule has 2 aromatic carbocycles. The molecule has 2 unspecified atom stereocenters. The summed E-state index contributed by atoms with van der Waals surface area (Å²) in [7, 11) is -2.18. The van der Waals surface area contributed by atoms with Crippen LogP contribution in [0, 0.1) is 0 Å².